The third-order valence-electron chi connectivity index (χ3n) is 12.2. The topological polar surface area (TPSA) is 29.5 Å². The lowest BCUT2D eigenvalue weighted by Crippen LogP contribution is -2.11. The van der Waals surface area contributed by atoms with Gasteiger partial charge in [-0.3, -0.25) is 0 Å². The molecule has 0 N–H and O–H groups in total. The van der Waals surface area contributed by atoms with Gasteiger partial charge in [-0.1, -0.05) is 164 Å². The van der Waals surface area contributed by atoms with E-state index in [1.165, 1.54) is 0 Å². The van der Waals surface area contributed by atoms with Crippen LogP contribution in [0.2, 0.25) is 0 Å². The predicted molar refractivity (Wildman–Crippen MR) is 263 cm³/mol. The van der Waals surface area contributed by atoms with E-state index in [1.807, 2.05) is 6.07 Å². The van der Waals surface area contributed by atoms with Gasteiger partial charge in [0.15, 0.2) is 0 Å². The molecule has 0 spiro atoms. The quantitative estimate of drug-likeness (QED) is 0.153. The minimum atomic E-state index is 0.837. The molecule has 0 saturated heterocycles. The third kappa shape index (κ3) is 6.55. The summed E-state index contributed by atoms with van der Waals surface area (Å²) in [6.45, 7) is 0. The molecular weight excluding hydrogens is 767 g/mol. The fraction of sp³-hybridized carbons (Fsp3) is 0. The SMILES string of the molecule is c1ccc(-c2cc(-c3ccccc3)cc(N(c3ccc4oc5cc(-c6ccccc6)ccc5c4c3)c3ccc(-c4ccccc4)c4oc5cc(-c6ccccc6)ccc5c34)c2)cc1. The molecule has 0 bridgehead atoms. The Morgan fingerprint density at radius 1 is 0.270 bits per heavy atom. The van der Waals surface area contributed by atoms with Crippen molar-refractivity contribution in [1.29, 1.82) is 0 Å². The number of rotatable bonds is 8. The van der Waals surface area contributed by atoms with E-state index in [4.69, 9.17) is 8.83 Å². The Bertz CT molecular complexity index is 3540. The number of furan rings is 2. The van der Waals surface area contributed by atoms with Crippen molar-refractivity contribution < 1.29 is 8.83 Å². The zero-order valence-corrected chi connectivity index (χ0v) is 34.3. The molecule has 0 radical (unpaired) electrons. The largest absolute Gasteiger partial charge is 0.456 e. The van der Waals surface area contributed by atoms with E-state index in [1.54, 1.807) is 0 Å². The van der Waals surface area contributed by atoms with Crippen LogP contribution >= 0.6 is 0 Å². The minimum Gasteiger partial charge on any atom is -0.456 e. The molecule has 63 heavy (non-hydrogen) atoms. The first-order chi connectivity index (χ1) is 31.2. The zero-order valence-electron chi connectivity index (χ0n) is 34.3. The Balaban J connectivity index is 1.14. The molecule has 3 heteroatoms. The summed E-state index contributed by atoms with van der Waals surface area (Å²) in [4.78, 5) is 2.41. The van der Waals surface area contributed by atoms with Gasteiger partial charge in [-0.2, -0.15) is 0 Å². The number of benzene rings is 10. The Morgan fingerprint density at radius 2 is 0.762 bits per heavy atom. The van der Waals surface area contributed by atoms with Gasteiger partial charge in [0, 0.05) is 33.1 Å². The molecule has 0 amide bonds. The molecule has 0 atom stereocenters. The van der Waals surface area contributed by atoms with Crippen LogP contribution in [0.5, 0.6) is 0 Å². The second-order valence-corrected chi connectivity index (χ2v) is 16.1. The predicted octanol–water partition coefficient (Wildman–Crippen LogP) is 17.3. The third-order valence-corrected chi connectivity index (χ3v) is 12.2. The average molecular weight is 806 g/mol. The first kappa shape index (κ1) is 36.5. The van der Waals surface area contributed by atoms with Gasteiger partial charge in [0.25, 0.3) is 0 Å². The molecule has 0 fully saturated rings. The minimum absolute atomic E-state index is 0.837. The molecule has 0 saturated carbocycles. The van der Waals surface area contributed by atoms with Crippen molar-refractivity contribution >= 4 is 60.9 Å². The van der Waals surface area contributed by atoms with Crippen molar-refractivity contribution in [2.45, 2.75) is 0 Å². The second kappa shape index (κ2) is 15.3. The van der Waals surface area contributed by atoms with Crippen molar-refractivity contribution in [3.63, 3.8) is 0 Å². The lowest BCUT2D eigenvalue weighted by molar-refractivity contribution is 0.669. The van der Waals surface area contributed by atoms with Crippen LogP contribution in [0.25, 0.3) is 99.5 Å². The van der Waals surface area contributed by atoms with E-state index in [9.17, 15) is 0 Å². The number of fused-ring (bicyclic) bond motifs is 6. The summed E-state index contributed by atoms with van der Waals surface area (Å²) in [5.74, 6) is 0. The highest BCUT2D eigenvalue weighted by atomic mass is 16.3. The van der Waals surface area contributed by atoms with Gasteiger partial charge in [0.05, 0.1) is 11.1 Å². The molecule has 2 heterocycles. The Morgan fingerprint density at radius 3 is 1.32 bits per heavy atom. The highest BCUT2D eigenvalue weighted by Crippen LogP contribution is 2.49. The van der Waals surface area contributed by atoms with Gasteiger partial charge >= 0.3 is 0 Å². The van der Waals surface area contributed by atoms with E-state index in [0.717, 1.165) is 117 Å². The zero-order chi connectivity index (χ0) is 41.7. The average Bonchev–Trinajstić information content (AvgIpc) is 3.93. The summed E-state index contributed by atoms with van der Waals surface area (Å²) in [6, 6.07) is 84.0. The molecule has 3 nitrogen and oxygen atoms in total. The number of anilines is 3. The maximum atomic E-state index is 7.07. The molecule has 12 aromatic rings. The molecule has 10 aromatic carbocycles. The van der Waals surface area contributed by atoms with Gasteiger partial charge in [0.1, 0.15) is 22.3 Å². The smallest absolute Gasteiger partial charge is 0.145 e. The van der Waals surface area contributed by atoms with Crippen LogP contribution in [-0.2, 0) is 0 Å². The Hall–Kier alpha value is -8.40. The van der Waals surface area contributed by atoms with Crippen LogP contribution < -0.4 is 4.90 Å². The Kier molecular flexibility index (Phi) is 8.83. The lowest BCUT2D eigenvalue weighted by Gasteiger charge is -2.28. The van der Waals surface area contributed by atoms with Gasteiger partial charge < -0.3 is 13.7 Å². The monoisotopic (exact) mass is 805 g/mol. The molecule has 12 rings (SSSR count). The fourth-order valence-electron chi connectivity index (χ4n) is 9.18. The number of hydrogen-bond acceptors (Lipinski definition) is 3. The molecule has 0 unspecified atom stereocenters. The molecule has 0 aliphatic carbocycles. The van der Waals surface area contributed by atoms with Gasteiger partial charge in [-0.15, -0.1) is 0 Å². The molecule has 2 aromatic heterocycles. The van der Waals surface area contributed by atoms with E-state index in [0.29, 0.717) is 0 Å². The van der Waals surface area contributed by atoms with Crippen molar-refractivity contribution in [3.8, 4) is 55.6 Å². The maximum Gasteiger partial charge on any atom is 0.145 e. The summed E-state index contributed by atoms with van der Waals surface area (Å²) in [5, 5.41) is 4.22. The van der Waals surface area contributed by atoms with Crippen LogP contribution in [0.1, 0.15) is 0 Å². The molecule has 0 aliphatic heterocycles. The summed E-state index contributed by atoms with van der Waals surface area (Å²) in [5.41, 5.74) is 17.6. The lowest BCUT2D eigenvalue weighted by atomic mass is 9.96. The summed E-state index contributed by atoms with van der Waals surface area (Å²) in [6.07, 6.45) is 0. The van der Waals surface area contributed by atoms with Crippen LogP contribution in [0.15, 0.2) is 245 Å². The molecule has 296 valence electrons. The molecule has 0 aliphatic rings. The van der Waals surface area contributed by atoms with E-state index >= 15 is 0 Å². The van der Waals surface area contributed by atoms with Gasteiger partial charge in [0.2, 0.25) is 0 Å². The van der Waals surface area contributed by atoms with Crippen molar-refractivity contribution in [3.05, 3.63) is 237 Å². The van der Waals surface area contributed by atoms with E-state index in [2.05, 4.69) is 235 Å². The van der Waals surface area contributed by atoms with Gasteiger partial charge in [-0.05, 0) is 123 Å². The highest BCUT2D eigenvalue weighted by molar-refractivity contribution is 6.18. The highest BCUT2D eigenvalue weighted by Gasteiger charge is 2.24. The normalized spacial score (nSPS) is 11.5. The van der Waals surface area contributed by atoms with Crippen LogP contribution in [0.3, 0.4) is 0 Å². The first-order valence-electron chi connectivity index (χ1n) is 21.4. The van der Waals surface area contributed by atoms with E-state index in [-0.39, 0.29) is 0 Å². The summed E-state index contributed by atoms with van der Waals surface area (Å²) >= 11 is 0. The summed E-state index contributed by atoms with van der Waals surface area (Å²) < 4.78 is 13.7. The van der Waals surface area contributed by atoms with E-state index < -0.39 is 0 Å². The summed E-state index contributed by atoms with van der Waals surface area (Å²) in [7, 11) is 0. The Labute approximate surface area is 365 Å². The van der Waals surface area contributed by atoms with Crippen molar-refractivity contribution in [2.75, 3.05) is 4.90 Å². The molecular formula is C60H39NO2. The second-order valence-electron chi connectivity index (χ2n) is 16.1. The van der Waals surface area contributed by atoms with Crippen molar-refractivity contribution in [1.82, 2.24) is 0 Å². The standard InChI is InChI=1S/C60H39NO2/c1-6-16-40(17-7-1)45-26-29-52-54-39-49(28-33-56(54)62-57(52)37-45)61(50-35-47(42-20-10-3-11-21-42)34-48(36-50)43-22-12-4-13-23-43)55-32-31-51(44-24-14-5-15-25-44)60-59(55)53-30-27-46(38-58(53)63-60)41-18-8-2-9-19-41/h1-39H. The van der Waals surface area contributed by atoms with Crippen LogP contribution in [-0.4, -0.2) is 0 Å². The van der Waals surface area contributed by atoms with Crippen LogP contribution in [0.4, 0.5) is 17.1 Å². The first-order valence-corrected chi connectivity index (χ1v) is 21.4. The number of nitrogens with zero attached hydrogens (tertiary/aromatic N) is 1. The van der Waals surface area contributed by atoms with Crippen molar-refractivity contribution in [2.24, 2.45) is 0 Å². The number of hydrogen-bond donors (Lipinski definition) is 0. The van der Waals surface area contributed by atoms with Crippen LogP contribution in [0, 0.1) is 0 Å². The van der Waals surface area contributed by atoms with Gasteiger partial charge in [-0.25, -0.2) is 0 Å². The maximum absolute atomic E-state index is 7.07. The fourth-order valence-corrected chi connectivity index (χ4v) is 9.18.